The lowest BCUT2D eigenvalue weighted by Gasteiger charge is -2.19. The van der Waals surface area contributed by atoms with Gasteiger partial charge in [0.25, 0.3) is 0 Å². The average Bonchev–Trinajstić information content (AvgIpc) is 1.87. The normalized spacial score (nSPS) is 12.3. The van der Waals surface area contributed by atoms with Gasteiger partial charge < -0.3 is 9.16 Å². The van der Waals surface area contributed by atoms with Crippen LogP contribution in [0.5, 0.6) is 0 Å². The number of halogens is 2. The zero-order chi connectivity index (χ0) is 8.74. The molecule has 5 heteroatoms. The maximum Gasteiger partial charge on any atom is 0.199 e. The summed E-state index contributed by atoms with van der Waals surface area (Å²) >= 11 is 6.73. The van der Waals surface area contributed by atoms with Crippen molar-refractivity contribution in [3.05, 3.63) is 0 Å². The fourth-order valence-corrected chi connectivity index (χ4v) is 2.61. The topological polar surface area (TPSA) is 18.5 Å². The number of rotatable bonds is 6. The summed E-state index contributed by atoms with van der Waals surface area (Å²) in [5.41, 5.74) is 0. The summed E-state index contributed by atoms with van der Waals surface area (Å²) in [7, 11) is 0.739. The molecule has 0 radical (unpaired) electrons. The quantitative estimate of drug-likeness (QED) is 0.421. The Balaban J connectivity index is 3.38. The number of hydrogen-bond acceptors (Lipinski definition) is 2. The lowest BCUT2D eigenvalue weighted by molar-refractivity contribution is 0.0640. The van der Waals surface area contributed by atoms with Crippen LogP contribution >= 0.6 is 31.9 Å². The third-order valence-electron chi connectivity index (χ3n) is 1.12. The molecule has 0 N–H and O–H groups in total. The molecule has 0 spiro atoms. The number of hydrogen-bond donors (Lipinski definition) is 0. The van der Waals surface area contributed by atoms with E-state index in [1.54, 1.807) is 0 Å². The zero-order valence-corrected chi connectivity index (χ0v) is 12.1. The predicted octanol–water partition coefficient (Wildman–Crippen LogP) is 1.54. The van der Waals surface area contributed by atoms with E-state index in [1.165, 1.54) is 0 Å². The van der Waals surface area contributed by atoms with E-state index in [9.17, 15) is 0 Å². The smallest absolute Gasteiger partial charge is 0.199 e. The summed E-state index contributed by atoms with van der Waals surface area (Å²) < 4.78 is 10.0. The molecule has 2 nitrogen and oxygen atoms in total. The molecule has 0 amide bonds. The number of alkyl halides is 2. The lowest BCUT2D eigenvalue weighted by Crippen LogP contribution is -2.23. The number of ether oxygens (including phenoxy) is 1. The average molecular weight is 306 g/mol. The molecule has 0 aromatic rings. The highest BCUT2D eigenvalue weighted by Crippen LogP contribution is 2.27. The van der Waals surface area contributed by atoms with Crippen molar-refractivity contribution in [1.82, 2.24) is 0 Å². The van der Waals surface area contributed by atoms with E-state index in [1.807, 2.05) is 0 Å². The molecule has 0 aliphatic rings. The van der Waals surface area contributed by atoms with Crippen molar-refractivity contribution >= 4 is 42.3 Å². The summed E-state index contributed by atoms with van der Waals surface area (Å²) in [6, 6.07) is 0. The Morgan fingerprint density at radius 3 is 2.55 bits per heavy atom. The molecule has 0 aliphatic heterocycles. The maximum absolute atomic E-state index is 5.44. The first-order chi connectivity index (χ1) is 5.12. The molecule has 68 valence electrons. The highest BCUT2D eigenvalue weighted by molar-refractivity contribution is 9.25. The first kappa shape index (κ1) is 12.1. The summed E-state index contributed by atoms with van der Waals surface area (Å²) in [6.45, 7) is 3.46. The Labute approximate surface area is 87.8 Å². The third kappa shape index (κ3) is 7.46. The molecule has 0 aromatic heterocycles. The van der Waals surface area contributed by atoms with E-state index >= 15 is 0 Å². The molecule has 0 unspecified atom stereocenters. The van der Waals surface area contributed by atoms with Crippen molar-refractivity contribution in [3.63, 3.8) is 0 Å². The molecule has 0 fully saturated rings. The Morgan fingerprint density at radius 1 is 1.45 bits per heavy atom. The predicted molar refractivity (Wildman–Crippen MR) is 57.3 cm³/mol. The van der Waals surface area contributed by atoms with Gasteiger partial charge in [0.15, 0.2) is 3.42 Å². The van der Waals surface area contributed by atoms with Crippen LogP contribution in [0.4, 0.5) is 0 Å². The minimum atomic E-state index is -0.461. The van der Waals surface area contributed by atoms with Crippen molar-refractivity contribution in [1.29, 1.82) is 0 Å². The van der Waals surface area contributed by atoms with Crippen LogP contribution < -0.4 is 0 Å². The van der Waals surface area contributed by atoms with Gasteiger partial charge in [-0.15, -0.1) is 0 Å². The van der Waals surface area contributed by atoms with Gasteiger partial charge in [-0.25, -0.2) is 0 Å². The first-order valence-corrected chi connectivity index (χ1v) is 6.03. The molecule has 0 rings (SSSR count). The molecule has 0 heterocycles. The van der Waals surface area contributed by atoms with Crippen LogP contribution in [0.15, 0.2) is 0 Å². The van der Waals surface area contributed by atoms with Crippen LogP contribution in [-0.2, 0) is 9.16 Å². The van der Waals surface area contributed by atoms with Crippen LogP contribution in [0.3, 0.4) is 0 Å². The van der Waals surface area contributed by atoms with Crippen LogP contribution in [-0.4, -0.2) is 27.1 Å². The molecule has 0 bridgehead atoms. The highest BCUT2D eigenvalue weighted by atomic mass is 79.9. The van der Waals surface area contributed by atoms with Gasteiger partial charge in [-0.05, 0) is 38.3 Å². The molecule has 0 saturated heterocycles. The molecule has 0 saturated carbocycles. The fraction of sp³-hybridized carbons (Fsp3) is 1.00. The monoisotopic (exact) mass is 304 g/mol. The molecule has 0 aromatic carbocycles. The van der Waals surface area contributed by atoms with E-state index in [-0.39, 0.29) is 0 Å². The summed E-state index contributed by atoms with van der Waals surface area (Å²) in [5, 5.41) is 0. The van der Waals surface area contributed by atoms with E-state index in [2.05, 4.69) is 38.8 Å². The van der Waals surface area contributed by atoms with E-state index < -0.39 is 3.42 Å². The van der Waals surface area contributed by atoms with Crippen molar-refractivity contribution in [2.45, 2.75) is 23.2 Å². The van der Waals surface area contributed by atoms with Gasteiger partial charge in [-0.2, -0.15) is 0 Å². The maximum atomic E-state index is 5.44. The van der Waals surface area contributed by atoms with Crippen molar-refractivity contribution in [2.75, 3.05) is 13.2 Å². The largest absolute Gasteiger partial charge is 0.423 e. The van der Waals surface area contributed by atoms with Crippen molar-refractivity contribution < 1.29 is 9.16 Å². The van der Waals surface area contributed by atoms with Gasteiger partial charge >= 0.3 is 0 Å². The molecule has 0 atom stereocenters. The van der Waals surface area contributed by atoms with Crippen LogP contribution in [0, 0.1) is 0 Å². The molecule has 11 heavy (non-hydrogen) atoms. The summed E-state index contributed by atoms with van der Waals surface area (Å²) in [4.78, 5) is 0. The summed E-state index contributed by atoms with van der Waals surface area (Å²) in [6.07, 6.45) is 2.23. The second-order valence-electron chi connectivity index (χ2n) is 2.27. The standard InChI is InChI=1S/C6H14Br2O2Si/c1-2-3-4-9-6(7,8)5-10-11/h2-5H2,1,11H3. The second-order valence-corrected chi connectivity index (χ2v) is 6.48. The van der Waals surface area contributed by atoms with Crippen LogP contribution in [0.1, 0.15) is 19.8 Å². The van der Waals surface area contributed by atoms with Gasteiger partial charge in [0.2, 0.25) is 0 Å². The Hall–Kier alpha value is 1.10. The van der Waals surface area contributed by atoms with Gasteiger partial charge in [0.1, 0.15) is 10.5 Å². The van der Waals surface area contributed by atoms with Gasteiger partial charge in [-0.3, -0.25) is 0 Å². The van der Waals surface area contributed by atoms with Crippen LogP contribution in [0.2, 0.25) is 0 Å². The summed E-state index contributed by atoms with van der Waals surface area (Å²) in [5.74, 6) is 0. The first-order valence-electron chi connectivity index (χ1n) is 3.63. The van der Waals surface area contributed by atoms with Gasteiger partial charge in [0.05, 0.1) is 6.61 Å². The Kier molecular flexibility index (Phi) is 7.25. The van der Waals surface area contributed by atoms with Gasteiger partial charge in [-0.1, -0.05) is 13.3 Å². The Morgan fingerprint density at radius 2 is 2.09 bits per heavy atom. The van der Waals surface area contributed by atoms with Gasteiger partial charge in [0, 0.05) is 6.61 Å². The highest BCUT2D eigenvalue weighted by Gasteiger charge is 2.21. The molecule has 0 aliphatic carbocycles. The Bertz CT molecular complexity index is 101. The van der Waals surface area contributed by atoms with E-state index in [0.717, 1.165) is 29.9 Å². The third-order valence-corrected chi connectivity index (χ3v) is 2.33. The SMILES string of the molecule is CCCCOC(Br)(Br)CO[SiH3]. The number of unbranched alkanes of at least 4 members (excludes halogenated alkanes) is 1. The second kappa shape index (κ2) is 6.60. The minimum absolute atomic E-state index is 0.461. The lowest BCUT2D eigenvalue weighted by atomic mass is 10.4. The van der Waals surface area contributed by atoms with E-state index in [0.29, 0.717) is 6.61 Å². The minimum Gasteiger partial charge on any atom is -0.423 e. The van der Waals surface area contributed by atoms with Crippen molar-refractivity contribution in [3.8, 4) is 0 Å². The van der Waals surface area contributed by atoms with E-state index in [4.69, 9.17) is 9.16 Å². The van der Waals surface area contributed by atoms with Crippen molar-refractivity contribution in [2.24, 2.45) is 0 Å². The zero-order valence-electron chi connectivity index (χ0n) is 6.90. The fourth-order valence-electron chi connectivity index (χ4n) is 0.576. The molecular weight excluding hydrogens is 292 g/mol. The van der Waals surface area contributed by atoms with Crippen LogP contribution in [0.25, 0.3) is 0 Å². The molecular formula is C6H14Br2O2Si.